The molecule has 41 heavy (non-hydrogen) atoms. The number of amides is 1. The quantitative estimate of drug-likeness (QED) is 0.291. The standard InChI is InChI=1S/C27H34N8O6/c1-16(2)10-24(27(40)41)35-15-22(30-32-35)19-11-18(12-20(13-19)26(39)33-8-6-28-7-9-33)21-14-34(31-29-21)23(17(3)36)4-5-25(37)38/h11-16,23-24,28H,4-10H2,1-3H3,(H,37,38)(H,40,41)/t23-,24-/m0/s1. The van der Waals surface area contributed by atoms with E-state index in [-0.39, 0.29) is 30.4 Å². The molecular weight excluding hydrogens is 532 g/mol. The van der Waals surface area contributed by atoms with Gasteiger partial charge in [0, 0.05) is 49.3 Å². The zero-order valence-corrected chi connectivity index (χ0v) is 23.2. The number of ketones is 1. The van der Waals surface area contributed by atoms with Crippen molar-refractivity contribution in [1.29, 1.82) is 0 Å². The number of carbonyl (C=O) groups excluding carboxylic acids is 2. The van der Waals surface area contributed by atoms with E-state index in [1.54, 1.807) is 35.5 Å². The molecule has 1 saturated heterocycles. The van der Waals surface area contributed by atoms with Crippen molar-refractivity contribution in [1.82, 2.24) is 40.2 Å². The van der Waals surface area contributed by atoms with Gasteiger partial charge in [-0.1, -0.05) is 24.3 Å². The van der Waals surface area contributed by atoms with Crippen molar-refractivity contribution in [3.05, 3.63) is 36.2 Å². The minimum Gasteiger partial charge on any atom is -0.481 e. The van der Waals surface area contributed by atoms with Crippen molar-refractivity contribution in [2.24, 2.45) is 5.92 Å². The number of Topliss-reactive ketones (excluding diaryl/α,β-unsaturated/α-hetero) is 1. The van der Waals surface area contributed by atoms with Gasteiger partial charge in [-0.2, -0.15) is 0 Å². The minimum atomic E-state index is -1.02. The Balaban J connectivity index is 1.74. The fourth-order valence-electron chi connectivity index (χ4n) is 4.77. The topological polar surface area (TPSA) is 185 Å². The van der Waals surface area contributed by atoms with Crippen molar-refractivity contribution in [2.75, 3.05) is 26.2 Å². The van der Waals surface area contributed by atoms with Crippen molar-refractivity contribution in [2.45, 2.75) is 52.1 Å². The summed E-state index contributed by atoms with van der Waals surface area (Å²) in [5, 5.41) is 38.6. The maximum Gasteiger partial charge on any atom is 0.328 e. The molecule has 3 N–H and O–H groups in total. The minimum absolute atomic E-state index is 0.0600. The lowest BCUT2D eigenvalue weighted by Crippen LogP contribution is -2.46. The Morgan fingerprint density at radius 3 is 1.95 bits per heavy atom. The summed E-state index contributed by atoms with van der Waals surface area (Å²) in [6.07, 6.45) is 3.32. The molecule has 1 aliphatic heterocycles. The molecule has 1 aliphatic rings. The third-order valence-corrected chi connectivity index (χ3v) is 6.92. The van der Waals surface area contributed by atoms with Crippen LogP contribution in [-0.4, -0.2) is 94.9 Å². The number of nitrogens with one attached hydrogen (secondary N) is 1. The zero-order valence-electron chi connectivity index (χ0n) is 23.2. The second-order valence-corrected chi connectivity index (χ2v) is 10.6. The number of aliphatic carboxylic acids is 2. The van der Waals surface area contributed by atoms with E-state index in [2.05, 4.69) is 25.9 Å². The Morgan fingerprint density at radius 2 is 1.46 bits per heavy atom. The van der Waals surface area contributed by atoms with E-state index in [1.807, 2.05) is 13.8 Å². The number of aromatic nitrogens is 6. The third-order valence-electron chi connectivity index (χ3n) is 6.92. The molecule has 3 aromatic rings. The van der Waals surface area contributed by atoms with Crippen LogP contribution in [0, 0.1) is 5.92 Å². The van der Waals surface area contributed by atoms with Crippen LogP contribution in [0.5, 0.6) is 0 Å². The average Bonchev–Trinajstić information content (AvgIpc) is 3.62. The van der Waals surface area contributed by atoms with Crippen LogP contribution in [-0.2, 0) is 14.4 Å². The van der Waals surface area contributed by atoms with Gasteiger partial charge in [0.05, 0.1) is 12.4 Å². The van der Waals surface area contributed by atoms with E-state index in [1.165, 1.54) is 16.3 Å². The van der Waals surface area contributed by atoms with Gasteiger partial charge in [-0.3, -0.25) is 14.4 Å². The molecule has 14 heteroatoms. The van der Waals surface area contributed by atoms with Gasteiger partial charge in [-0.05, 0) is 43.9 Å². The predicted octanol–water partition coefficient (Wildman–Crippen LogP) is 1.92. The van der Waals surface area contributed by atoms with Gasteiger partial charge < -0.3 is 20.4 Å². The fourth-order valence-corrected chi connectivity index (χ4v) is 4.77. The molecule has 0 saturated carbocycles. The number of nitrogens with zero attached hydrogens (tertiary/aromatic N) is 7. The number of piperazine rings is 1. The maximum absolute atomic E-state index is 13.5. The number of rotatable bonds is 12. The first-order chi connectivity index (χ1) is 19.5. The smallest absolute Gasteiger partial charge is 0.328 e. The van der Waals surface area contributed by atoms with Gasteiger partial charge >= 0.3 is 11.9 Å². The maximum atomic E-state index is 13.5. The summed E-state index contributed by atoms with van der Waals surface area (Å²) in [5.41, 5.74) is 2.20. The molecule has 0 spiro atoms. The third kappa shape index (κ3) is 7.20. The summed E-state index contributed by atoms with van der Waals surface area (Å²) in [6.45, 7) is 7.67. The van der Waals surface area contributed by atoms with E-state index >= 15 is 0 Å². The molecule has 2 atom stereocenters. The summed E-state index contributed by atoms with van der Waals surface area (Å²) in [7, 11) is 0. The van der Waals surface area contributed by atoms with Gasteiger partial charge in [0.15, 0.2) is 11.8 Å². The first-order valence-corrected chi connectivity index (χ1v) is 13.5. The lowest BCUT2D eigenvalue weighted by atomic mass is 10.0. The molecule has 0 unspecified atom stereocenters. The number of carboxylic acids is 2. The lowest BCUT2D eigenvalue weighted by molar-refractivity contribution is -0.142. The number of hydrogen-bond acceptors (Lipinski definition) is 9. The van der Waals surface area contributed by atoms with Crippen molar-refractivity contribution in [3.8, 4) is 22.5 Å². The van der Waals surface area contributed by atoms with Gasteiger partial charge in [0.1, 0.15) is 17.4 Å². The SMILES string of the molecule is CC(=O)[C@H](CCC(=O)O)n1cc(-c2cc(C(=O)N3CCNCC3)cc(-c3cn([C@@H](CC(C)C)C(=O)O)nn3)c2)nn1. The van der Waals surface area contributed by atoms with Crippen LogP contribution >= 0.6 is 0 Å². The molecule has 4 rings (SSSR count). The molecule has 0 radical (unpaired) electrons. The van der Waals surface area contributed by atoms with Crippen LogP contribution in [0.1, 0.15) is 62.5 Å². The fraction of sp³-hybridized carbons (Fsp3) is 0.481. The zero-order chi connectivity index (χ0) is 29.7. The first-order valence-electron chi connectivity index (χ1n) is 13.5. The van der Waals surface area contributed by atoms with E-state index in [9.17, 15) is 24.3 Å². The van der Waals surface area contributed by atoms with Crippen molar-refractivity contribution >= 4 is 23.6 Å². The summed E-state index contributed by atoms with van der Waals surface area (Å²) in [6, 6.07) is 3.43. The summed E-state index contributed by atoms with van der Waals surface area (Å²) in [5.74, 6) is -2.35. The van der Waals surface area contributed by atoms with E-state index in [0.29, 0.717) is 60.7 Å². The first kappa shape index (κ1) is 29.5. The summed E-state index contributed by atoms with van der Waals surface area (Å²) >= 11 is 0. The van der Waals surface area contributed by atoms with E-state index in [0.717, 1.165) is 0 Å². The molecule has 3 heterocycles. The highest BCUT2D eigenvalue weighted by molar-refractivity contribution is 5.97. The Kier molecular flexibility index (Phi) is 9.22. The van der Waals surface area contributed by atoms with Crippen LogP contribution in [0.25, 0.3) is 22.5 Å². The van der Waals surface area contributed by atoms with E-state index in [4.69, 9.17) is 5.11 Å². The normalized spacial score (nSPS) is 15.1. The molecular formula is C27H34N8O6. The largest absolute Gasteiger partial charge is 0.481 e. The van der Waals surface area contributed by atoms with Gasteiger partial charge in [0.2, 0.25) is 0 Å². The van der Waals surface area contributed by atoms with Crippen LogP contribution < -0.4 is 5.32 Å². The number of benzene rings is 1. The Hall–Kier alpha value is -4.46. The second-order valence-electron chi connectivity index (χ2n) is 10.6. The molecule has 2 aromatic heterocycles. The van der Waals surface area contributed by atoms with Gasteiger partial charge in [0.25, 0.3) is 5.91 Å². The highest BCUT2D eigenvalue weighted by Crippen LogP contribution is 2.29. The number of carbonyl (C=O) groups is 4. The number of carboxylic acid groups (broad SMARTS) is 2. The number of hydrogen-bond donors (Lipinski definition) is 3. The highest BCUT2D eigenvalue weighted by atomic mass is 16.4. The van der Waals surface area contributed by atoms with Crippen molar-refractivity contribution < 1.29 is 29.4 Å². The lowest BCUT2D eigenvalue weighted by Gasteiger charge is -2.27. The van der Waals surface area contributed by atoms with Crippen molar-refractivity contribution in [3.63, 3.8) is 0 Å². The molecule has 1 fully saturated rings. The van der Waals surface area contributed by atoms with Crippen LogP contribution in [0.15, 0.2) is 30.6 Å². The molecule has 0 aliphatic carbocycles. The van der Waals surface area contributed by atoms with Crippen LogP contribution in [0.2, 0.25) is 0 Å². The molecule has 1 amide bonds. The molecule has 14 nitrogen and oxygen atoms in total. The summed E-state index contributed by atoms with van der Waals surface area (Å²) in [4.78, 5) is 50.5. The van der Waals surface area contributed by atoms with Crippen LogP contribution in [0.3, 0.4) is 0 Å². The second kappa shape index (κ2) is 12.8. The Bertz CT molecular complexity index is 1420. The van der Waals surface area contributed by atoms with Gasteiger partial charge in [-0.15, -0.1) is 10.2 Å². The Labute approximate surface area is 236 Å². The monoisotopic (exact) mass is 566 g/mol. The predicted molar refractivity (Wildman–Crippen MR) is 146 cm³/mol. The summed E-state index contributed by atoms with van der Waals surface area (Å²) < 4.78 is 2.66. The average molecular weight is 567 g/mol. The molecule has 1 aromatic carbocycles. The van der Waals surface area contributed by atoms with Crippen LogP contribution in [0.4, 0.5) is 0 Å². The van der Waals surface area contributed by atoms with E-state index < -0.39 is 24.0 Å². The molecule has 218 valence electrons. The highest BCUT2D eigenvalue weighted by Gasteiger charge is 2.25. The Morgan fingerprint density at radius 1 is 0.902 bits per heavy atom. The molecule has 0 bridgehead atoms. The van der Waals surface area contributed by atoms with Gasteiger partial charge in [-0.25, -0.2) is 14.2 Å².